The van der Waals surface area contributed by atoms with Gasteiger partial charge in [-0.2, -0.15) is 5.10 Å². The van der Waals surface area contributed by atoms with Gasteiger partial charge in [-0.1, -0.05) is 12.1 Å². The van der Waals surface area contributed by atoms with Gasteiger partial charge in [-0.15, -0.1) is 11.8 Å². The zero-order valence-electron chi connectivity index (χ0n) is 9.35. The van der Waals surface area contributed by atoms with E-state index >= 15 is 0 Å². The Morgan fingerprint density at radius 1 is 1.47 bits per heavy atom. The Morgan fingerprint density at radius 3 is 2.88 bits per heavy atom. The van der Waals surface area contributed by atoms with E-state index in [1.165, 1.54) is 4.90 Å². The first-order valence-electron chi connectivity index (χ1n) is 5.21. The van der Waals surface area contributed by atoms with E-state index < -0.39 is 0 Å². The number of H-pyrrole nitrogens is 1. The standard InChI is InChI=1S/C11H13BrN4S/c1-7(13)11-14-10(15-16-11)6-17-9-5-3-2-4-8(9)12/h2-5,7H,6,13H2,1H3,(H,14,15,16). The molecule has 17 heavy (non-hydrogen) atoms. The predicted octanol–water partition coefficient (Wildman–Crippen LogP) is 2.88. The van der Waals surface area contributed by atoms with Crippen molar-refractivity contribution in [3.05, 3.63) is 40.4 Å². The van der Waals surface area contributed by atoms with Gasteiger partial charge in [0.2, 0.25) is 0 Å². The summed E-state index contributed by atoms with van der Waals surface area (Å²) in [7, 11) is 0. The molecule has 1 atom stereocenters. The van der Waals surface area contributed by atoms with E-state index in [4.69, 9.17) is 5.73 Å². The highest BCUT2D eigenvalue weighted by molar-refractivity contribution is 9.10. The van der Waals surface area contributed by atoms with Crippen molar-refractivity contribution in [3.8, 4) is 0 Å². The first-order valence-corrected chi connectivity index (χ1v) is 6.99. The maximum absolute atomic E-state index is 5.70. The molecule has 0 amide bonds. The summed E-state index contributed by atoms with van der Waals surface area (Å²) in [6.07, 6.45) is 0. The van der Waals surface area contributed by atoms with E-state index in [9.17, 15) is 0 Å². The van der Waals surface area contributed by atoms with Crippen molar-refractivity contribution < 1.29 is 0 Å². The predicted molar refractivity (Wildman–Crippen MR) is 72.7 cm³/mol. The van der Waals surface area contributed by atoms with Gasteiger partial charge in [-0.3, -0.25) is 5.10 Å². The molecule has 1 unspecified atom stereocenters. The van der Waals surface area contributed by atoms with Crippen molar-refractivity contribution in [1.82, 2.24) is 15.2 Å². The Morgan fingerprint density at radius 2 is 2.24 bits per heavy atom. The smallest absolute Gasteiger partial charge is 0.167 e. The molecular formula is C11H13BrN4S. The zero-order chi connectivity index (χ0) is 12.3. The molecule has 0 aliphatic carbocycles. The summed E-state index contributed by atoms with van der Waals surface area (Å²) in [5.74, 6) is 2.26. The number of hydrogen-bond acceptors (Lipinski definition) is 4. The van der Waals surface area contributed by atoms with Crippen LogP contribution in [0.4, 0.5) is 0 Å². The molecule has 4 nitrogen and oxygen atoms in total. The Bertz CT molecular complexity index is 498. The Balaban J connectivity index is 2.00. The number of nitrogens with two attached hydrogens (primary N) is 1. The molecule has 2 aromatic rings. The van der Waals surface area contributed by atoms with Crippen LogP contribution in [-0.2, 0) is 5.75 Å². The summed E-state index contributed by atoms with van der Waals surface area (Å²) in [5, 5.41) is 6.96. The molecule has 6 heteroatoms. The van der Waals surface area contributed by atoms with Crippen LogP contribution in [0.25, 0.3) is 0 Å². The van der Waals surface area contributed by atoms with Gasteiger partial charge in [-0.05, 0) is 35.0 Å². The van der Waals surface area contributed by atoms with Crippen LogP contribution in [0.3, 0.4) is 0 Å². The third kappa shape index (κ3) is 3.31. The number of hydrogen-bond donors (Lipinski definition) is 2. The normalized spacial score (nSPS) is 12.6. The van der Waals surface area contributed by atoms with Gasteiger partial charge in [0.05, 0.1) is 11.8 Å². The second-order valence-electron chi connectivity index (χ2n) is 3.65. The zero-order valence-corrected chi connectivity index (χ0v) is 11.8. The third-order valence-electron chi connectivity index (χ3n) is 2.16. The van der Waals surface area contributed by atoms with Crippen molar-refractivity contribution in [3.63, 3.8) is 0 Å². The van der Waals surface area contributed by atoms with Crippen LogP contribution >= 0.6 is 27.7 Å². The van der Waals surface area contributed by atoms with Crippen LogP contribution in [0.5, 0.6) is 0 Å². The number of thioether (sulfide) groups is 1. The molecule has 0 radical (unpaired) electrons. The molecule has 1 aromatic carbocycles. The summed E-state index contributed by atoms with van der Waals surface area (Å²) in [5.41, 5.74) is 5.70. The lowest BCUT2D eigenvalue weighted by molar-refractivity contribution is 0.745. The first-order chi connectivity index (χ1) is 8.16. The molecular weight excluding hydrogens is 300 g/mol. The van der Waals surface area contributed by atoms with Gasteiger partial charge in [-0.25, -0.2) is 4.98 Å². The molecule has 0 saturated carbocycles. The Kier molecular flexibility index (Phi) is 4.20. The van der Waals surface area contributed by atoms with Crippen LogP contribution in [-0.4, -0.2) is 15.2 Å². The van der Waals surface area contributed by atoms with Crippen molar-refractivity contribution in [2.45, 2.75) is 23.6 Å². The minimum atomic E-state index is -0.131. The molecule has 0 bridgehead atoms. The highest BCUT2D eigenvalue weighted by atomic mass is 79.9. The molecule has 0 fully saturated rings. The first kappa shape index (κ1) is 12.6. The molecule has 0 saturated heterocycles. The van der Waals surface area contributed by atoms with E-state index in [2.05, 4.69) is 37.2 Å². The summed E-state index contributed by atoms with van der Waals surface area (Å²) < 4.78 is 1.09. The van der Waals surface area contributed by atoms with Gasteiger partial charge in [0.1, 0.15) is 5.82 Å². The second-order valence-corrected chi connectivity index (χ2v) is 5.52. The van der Waals surface area contributed by atoms with E-state index in [0.29, 0.717) is 5.82 Å². The molecule has 1 heterocycles. The number of aromatic amines is 1. The molecule has 1 aromatic heterocycles. The van der Waals surface area contributed by atoms with Crippen LogP contribution < -0.4 is 5.73 Å². The topological polar surface area (TPSA) is 67.6 Å². The molecule has 0 aliphatic rings. The number of rotatable bonds is 4. The van der Waals surface area contributed by atoms with Crippen molar-refractivity contribution in [2.24, 2.45) is 5.73 Å². The third-order valence-corrected chi connectivity index (χ3v) is 4.20. The lowest BCUT2D eigenvalue weighted by Crippen LogP contribution is -2.06. The largest absolute Gasteiger partial charge is 0.321 e. The molecule has 90 valence electrons. The second kappa shape index (κ2) is 5.66. The SMILES string of the molecule is CC(N)c1n[nH]c(CSc2ccccc2Br)n1. The van der Waals surface area contributed by atoms with Gasteiger partial charge in [0.25, 0.3) is 0 Å². The summed E-state index contributed by atoms with van der Waals surface area (Å²) in [4.78, 5) is 5.51. The van der Waals surface area contributed by atoms with Crippen LogP contribution in [0, 0.1) is 0 Å². The lowest BCUT2D eigenvalue weighted by atomic mass is 10.3. The number of nitrogens with zero attached hydrogens (tertiary/aromatic N) is 2. The van der Waals surface area contributed by atoms with E-state index in [1.807, 2.05) is 25.1 Å². The quantitative estimate of drug-likeness (QED) is 0.852. The number of nitrogens with one attached hydrogen (secondary N) is 1. The van der Waals surface area contributed by atoms with E-state index in [-0.39, 0.29) is 6.04 Å². The molecule has 2 rings (SSSR count). The van der Waals surface area contributed by atoms with Crippen molar-refractivity contribution in [2.75, 3.05) is 0 Å². The van der Waals surface area contributed by atoms with Gasteiger partial charge in [0, 0.05) is 9.37 Å². The number of halogens is 1. The average Bonchev–Trinajstić information content (AvgIpc) is 2.77. The Labute approximate surface area is 113 Å². The Hall–Kier alpha value is -0.850. The van der Waals surface area contributed by atoms with E-state index in [1.54, 1.807) is 11.8 Å². The average molecular weight is 313 g/mol. The molecule has 0 spiro atoms. The summed E-state index contributed by atoms with van der Waals surface area (Å²) in [6, 6.07) is 7.97. The monoisotopic (exact) mass is 312 g/mol. The fourth-order valence-electron chi connectivity index (χ4n) is 1.29. The maximum atomic E-state index is 5.70. The van der Waals surface area contributed by atoms with Gasteiger partial charge < -0.3 is 5.73 Å². The van der Waals surface area contributed by atoms with Crippen molar-refractivity contribution in [1.29, 1.82) is 0 Å². The highest BCUT2D eigenvalue weighted by Gasteiger charge is 2.08. The van der Waals surface area contributed by atoms with Crippen LogP contribution in [0.1, 0.15) is 24.6 Å². The highest BCUT2D eigenvalue weighted by Crippen LogP contribution is 2.28. The summed E-state index contributed by atoms with van der Waals surface area (Å²) in [6.45, 7) is 1.87. The van der Waals surface area contributed by atoms with Crippen LogP contribution in [0.15, 0.2) is 33.6 Å². The van der Waals surface area contributed by atoms with Gasteiger partial charge in [0.15, 0.2) is 5.82 Å². The fraction of sp³-hybridized carbons (Fsp3) is 0.273. The summed E-state index contributed by atoms with van der Waals surface area (Å²) >= 11 is 5.21. The minimum absolute atomic E-state index is 0.131. The van der Waals surface area contributed by atoms with E-state index in [0.717, 1.165) is 16.0 Å². The fourth-order valence-corrected chi connectivity index (χ4v) is 2.72. The molecule has 0 aliphatic heterocycles. The number of aromatic nitrogens is 3. The van der Waals surface area contributed by atoms with Crippen molar-refractivity contribution >= 4 is 27.7 Å². The molecule has 3 N–H and O–H groups in total. The van der Waals surface area contributed by atoms with Crippen LogP contribution in [0.2, 0.25) is 0 Å². The number of benzene rings is 1. The lowest BCUT2D eigenvalue weighted by Gasteiger charge is -2.01. The minimum Gasteiger partial charge on any atom is -0.321 e. The maximum Gasteiger partial charge on any atom is 0.167 e. The van der Waals surface area contributed by atoms with Gasteiger partial charge >= 0.3 is 0 Å².